The first kappa shape index (κ1) is 9.78. The summed E-state index contributed by atoms with van der Waals surface area (Å²) in [6.07, 6.45) is 5.96. The lowest BCUT2D eigenvalue weighted by molar-refractivity contribution is 0.0492. The van der Waals surface area contributed by atoms with Gasteiger partial charge in [0.2, 0.25) is 0 Å². The van der Waals surface area contributed by atoms with Gasteiger partial charge in [-0.05, 0) is 20.2 Å². The largest absolute Gasteiger partial charge is 0.365 e. The Balaban J connectivity index is 2.13. The lowest BCUT2D eigenvalue weighted by atomic mass is 10.2. The minimum Gasteiger partial charge on any atom is -0.365 e. The van der Waals surface area contributed by atoms with E-state index in [0.717, 1.165) is 5.03 Å². The van der Waals surface area contributed by atoms with Crippen LogP contribution in [0.25, 0.3) is 0 Å². The Morgan fingerprint density at radius 3 is 2.83 bits per heavy atom. The fourth-order valence-electron chi connectivity index (χ4n) is 1.01. The van der Waals surface area contributed by atoms with Crippen molar-refractivity contribution in [1.29, 1.82) is 0 Å². The third-order valence-corrected chi connectivity index (χ3v) is 1.79. The highest BCUT2D eigenvalue weighted by atomic mass is 35.5. The molecular formula is C9H14ClNO. The highest BCUT2D eigenvalue weighted by molar-refractivity contribution is 6.31. The Labute approximate surface area is 78.5 Å². The van der Waals surface area contributed by atoms with E-state index >= 15 is 0 Å². The van der Waals surface area contributed by atoms with E-state index in [-0.39, 0.29) is 0 Å². The average Bonchev–Trinajstić information content (AvgIpc) is 2.35. The van der Waals surface area contributed by atoms with Crippen LogP contribution >= 0.6 is 11.6 Å². The van der Waals surface area contributed by atoms with Gasteiger partial charge in [0.05, 0.1) is 13.3 Å². The molecule has 3 heteroatoms. The number of rotatable bonds is 4. The van der Waals surface area contributed by atoms with Crippen LogP contribution in [0.3, 0.4) is 0 Å². The topological polar surface area (TPSA) is 12.5 Å². The number of allylic oxidation sites excluding steroid dienone is 2. The van der Waals surface area contributed by atoms with Crippen LogP contribution in [0.1, 0.15) is 0 Å². The quantitative estimate of drug-likeness (QED) is 0.623. The van der Waals surface area contributed by atoms with E-state index in [1.807, 2.05) is 31.1 Å². The van der Waals surface area contributed by atoms with Crippen molar-refractivity contribution in [2.24, 2.45) is 5.92 Å². The zero-order valence-electron chi connectivity index (χ0n) is 7.46. The number of ether oxygens (including phenoxy) is 1. The maximum atomic E-state index is 5.76. The van der Waals surface area contributed by atoms with Gasteiger partial charge in [-0.15, -0.1) is 0 Å². The summed E-state index contributed by atoms with van der Waals surface area (Å²) in [4.78, 5) is 1.99. The molecule has 12 heavy (non-hydrogen) atoms. The number of nitrogens with zero attached hydrogens (tertiary/aromatic N) is 1. The molecule has 1 aliphatic rings. The molecule has 2 nitrogen and oxygen atoms in total. The van der Waals surface area contributed by atoms with E-state index < -0.39 is 0 Å². The monoisotopic (exact) mass is 187 g/mol. The van der Waals surface area contributed by atoms with Gasteiger partial charge in [-0.2, -0.15) is 0 Å². The minimum absolute atomic E-state index is 0.359. The molecule has 1 aliphatic carbocycles. The summed E-state index contributed by atoms with van der Waals surface area (Å²) in [5, 5.41) is 0.813. The Kier molecular flexibility index (Phi) is 3.79. The smallest absolute Gasteiger partial charge is 0.0985 e. The van der Waals surface area contributed by atoms with Gasteiger partial charge in [0.1, 0.15) is 0 Å². The predicted molar refractivity (Wildman–Crippen MR) is 51.1 cm³/mol. The molecule has 0 saturated heterocycles. The molecule has 0 amide bonds. The predicted octanol–water partition coefficient (Wildman–Crippen LogP) is 1.83. The number of hydrogen-bond donors (Lipinski definition) is 0. The van der Waals surface area contributed by atoms with Gasteiger partial charge in [-0.25, -0.2) is 0 Å². The summed E-state index contributed by atoms with van der Waals surface area (Å²) in [6.45, 7) is 1.38. The highest BCUT2D eigenvalue weighted by Gasteiger charge is 2.07. The third kappa shape index (κ3) is 3.39. The molecule has 0 fully saturated rings. The molecule has 0 bridgehead atoms. The van der Waals surface area contributed by atoms with E-state index in [1.54, 1.807) is 0 Å². The van der Waals surface area contributed by atoms with Gasteiger partial charge >= 0.3 is 0 Å². The molecule has 0 aromatic rings. The molecule has 0 N–H and O–H groups in total. The average molecular weight is 188 g/mol. The van der Waals surface area contributed by atoms with Gasteiger partial charge in [0, 0.05) is 11.0 Å². The van der Waals surface area contributed by atoms with Crippen LogP contribution in [0, 0.1) is 5.92 Å². The van der Waals surface area contributed by atoms with Crippen molar-refractivity contribution in [1.82, 2.24) is 4.90 Å². The van der Waals surface area contributed by atoms with E-state index in [0.29, 0.717) is 19.3 Å². The van der Waals surface area contributed by atoms with Crippen molar-refractivity contribution in [3.05, 3.63) is 23.3 Å². The maximum absolute atomic E-state index is 5.76. The van der Waals surface area contributed by atoms with Crippen LogP contribution in [-0.4, -0.2) is 32.3 Å². The molecule has 0 spiro atoms. The van der Waals surface area contributed by atoms with Gasteiger partial charge in [0.15, 0.2) is 0 Å². The van der Waals surface area contributed by atoms with Crippen molar-refractivity contribution >= 4 is 11.6 Å². The maximum Gasteiger partial charge on any atom is 0.0985 e. The van der Waals surface area contributed by atoms with Crippen molar-refractivity contribution in [3.8, 4) is 0 Å². The van der Waals surface area contributed by atoms with Crippen LogP contribution in [-0.2, 0) is 4.74 Å². The molecule has 1 rings (SSSR count). The molecule has 0 aromatic carbocycles. The van der Waals surface area contributed by atoms with Crippen molar-refractivity contribution in [2.75, 3.05) is 27.4 Å². The molecule has 0 aliphatic heterocycles. The zero-order valence-corrected chi connectivity index (χ0v) is 8.21. The Hall–Kier alpha value is -0.310. The van der Waals surface area contributed by atoms with Crippen molar-refractivity contribution in [2.45, 2.75) is 0 Å². The first-order valence-corrected chi connectivity index (χ1v) is 4.34. The molecule has 1 atom stereocenters. The normalized spacial score (nSPS) is 22.0. The first-order valence-electron chi connectivity index (χ1n) is 3.96. The van der Waals surface area contributed by atoms with E-state index in [1.165, 1.54) is 0 Å². The summed E-state index contributed by atoms with van der Waals surface area (Å²) < 4.78 is 5.40. The molecule has 0 aromatic heterocycles. The molecule has 0 radical (unpaired) electrons. The van der Waals surface area contributed by atoms with E-state index in [4.69, 9.17) is 16.3 Å². The summed E-state index contributed by atoms with van der Waals surface area (Å²) in [5.41, 5.74) is 0. The standard InChI is InChI=1S/C9H14ClNO/c1-11(2)7-12-6-8-3-4-9(10)5-8/h3-5,8H,6-7H2,1-2H3. The van der Waals surface area contributed by atoms with Crippen LogP contribution < -0.4 is 0 Å². The summed E-state index contributed by atoms with van der Waals surface area (Å²) in [6, 6.07) is 0. The third-order valence-electron chi connectivity index (χ3n) is 1.54. The Morgan fingerprint density at radius 1 is 1.58 bits per heavy atom. The fourth-order valence-corrected chi connectivity index (χ4v) is 1.24. The van der Waals surface area contributed by atoms with Crippen LogP contribution in [0.15, 0.2) is 23.3 Å². The summed E-state index contributed by atoms with van der Waals surface area (Å²) in [5.74, 6) is 0.359. The SMILES string of the molecule is CN(C)COCC1C=CC(Cl)=C1. The minimum atomic E-state index is 0.359. The Morgan fingerprint density at radius 2 is 2.33 bits per heavy atom. The highest BCUT2D eigenvalue weighted by Crippen LogP contribution is 2.18. The molecule has 0 saturated carbocycles. The summed E-state index contributed by atoms with van der Waals surface area (Å²) in [7, 11) is 3.96. The second kappa shape index (κ2) is 4.65. The van der Waals surface area contributed by atoms with Crippen LogP contribution in [0.2, 0.25) is 0 Å². The first-order chi connectivity index (χ1) is 5.68. The van der Waals surface area contributed by atoms with Gasteiger partial charge in [-0.3, -0.25) is 4.90 Å². The van der Waals surface area contributed by atoms with Crippen molar-refractivity contribution < 1.29 is 4.74 Å². The van der Waals surface area contributed by atoms with E-state index in [2.05, 4.69) is 6.08 Å². The Bertz CT molecular complexity index is 199. The molecule has 68 valence electrons. The second-order valence-corrected chi connectivity index (χ2v) is 3.59. The lowest BCUT2D eigenvalue weighted by Gasteiger charge is -2.11. The van der Waals surface area contributed by atoms with Gasteiger partial charge in [0.25, 0.3) is 0 Å². The molecule has 0 heterocycles. The lowest BCUT2D eigenvalue weighted by Crippen LogP contribution is -2.18. The zero-order chi connectivity index (χ0) is 8.97. The van der Waals surface area contributed by atoms with Crippen LogP contribution in [0.5, 0.6) is 0 Å². The van der Waals surface area contributed by atoms with Gasteiger partial charge < -0.3 is 4.74 Å². The molecular weight excluding hydrogens is 174 g/mol. The van der Waals surface area contributed by atoms with Crippen molar-refractivity contribution in [3.63, 3.8) is 0 Å². The van der Waals surface area contributed by atoms with E-state index in [9.17, 15) is 0 Å². The molecule has 1 unspecified atom stereocenters. The fraction of sp³-hybridized carbons (Fsp3) is 0.556. The number of halogens is 1. The number of hydrogen-bond acceptors (Lipinski definition) is 2. The van der Waals surface area contributed by atoms with Crippen LogP contribution in [0.4, 0.5) is 0 Å². The van der Waals surface area contributed by atoms with Gasteiger partial charge in [-0.1, -0.05) is 23.8 Å². The second-order valence-electron chi connectivity index (χ2n) is 3.15. The summed E-state index contributed by atoms with van der Waals surface area (Å²) >= 11 is 5.76.